The number of nitrogens with zero attached hydrogens (tertiary/aromatic N) is 1. The number of amides is 1. The number of methoxy groups -OCH3 is 1. The van der Waals surface area contributed by atoms with Gasteiger partial charge in [0.15, 0.2) is 0 Å². The maximum absolute atomic E-state index is 12.5. The standard InChI is InChI=1S/C20H24N2O3/c1-25-12-11-22-14-17(9-10-19(22)23)20(24)21-13-16-7-4-6-15-5-2-3-8-18(15)16/h2-3,5,8-10,14,16H,4,6-7,11-13H2,1H3,(H,21,24)/t16-/m0/s1. The minimum atomic E-state index is -0.144. The minimum absolute atomic E-state index is 0.130. The number of benzene rings is 1. The highest BCUT2D eigenvalue weighted by atomic mass is 16.5. The number of nitrogens with one attached hydrogen (secondary N) is 1. The van der Waals surface area contributed by atoms with Gasteiger partial charge in [-0.15, -0.1) is 0 Å². The largest absolute Gasteiger partial charge is 0.383 e. The van der Waals surface area contributed by atoms with E-state index in [4.69, 9.17) is 4.74 Å². The number of rotatable bonds is 6. The van der Waals surface area contributed by atoms with Crippen molar-refractivity contribution in [2.75, 3.05) is 20.3 Å². The topological polar surface area (TPSA) is 60.3 Å². The third kappa shape index (κ3) is 4.17. The van der Waals surface area contributed by atoms with Crippen LogP contribution in [-0.2, 0) is 17.7 Å². The van der Waals surface area contributed by atoms with E-state index in [1.165, 1.54) is 21.8 Å². The van der Waals surface area contributed by atoms with Gasteiger partial charge in [0.1, 0.15) is 0 Å². The molecule has 0 spiro atoms. The van der Waals surface area contributed by atoms with Crippen LogP contribution in [0.4, 0.5) is 0 Å². The fourth-order valence-electron chi connectivity index (χ4n) is 3.41. The molecule has 0 unspecified atom stereocenters. The third-order valence-electron chi connectivity index (χ3n) is 4.78. The predicted octanol–water partition coefficient (Wildman–Crippen LogP) is 2.34. The van der Waals surface area contributed by atoms with Gasteiger partial charge in [0.2, 0.25) is 0 Å². The molecule has 0 aliphatic heterocycles. The lowest BCUT2D eigenvalue weighted by molar-refractivity contribution is 0.0949. The van der Waals surface area contributed by atoms with Gasteiger partial charge in [0.25, 0.3) is 11.5 Å². The van der Waals surface area contributed by atoms with Gasteiger partial charge in [-0.05, 0) is 36.5 Å². The Hall–Kier alpha value is -2.40. The number of carbonyl (C=O) groups is 1. The van der Waals surface area contributed by atoms with Crippen LogP contribution < -0.4 is 10.9 Å². The van der Waals surface area contributed by atoms with E-state index in [-0.39, 0.29) is 11.5 Å². The van der Waals surface area contributed by atoms with Crippen LogP contribution in [0.3, 0.4) is 0 Å². The zero-order valence-electron chi connectivity index (χ0n) is 14.5. The average Bonchev–Trinajstić information content (AvgIpc) is 2.65. The molecule has 25 heavy (non-hydrogen) atoms. The van der Waals surface area contributed by atoms with Crippen LogP contribution in [0.1, 0.15) is 40.2 Å². The first-order chi connectivity index (χ1) is 12.2. The first-order valence-electron chi connectivity index (χ1n) is 8.74. The summed E-state index contributed by atoms with van der Waals surface area (Å²) in [6.07, 6.45) is 4.96. The van der Waals surface area contributed by atoms with Gasteiger partial charge in [-0.1, -0.05) is 24.3 Å². The molecular formula is C20H24N2O3. The molecule has 5 nitrogen and oxygen atoms in total. The van der Waals surface area contributed by atoms with Gasteiger partial charge in [0, 0.05) is 38.4 Å². The molecule has 0 fully saturated rings. The number of fused-ring (bicyclic) bond motifs is 1. The summed E-state index contributed by atoms with van der Waals surface area (Å²) < 4.78 is 6.51. The molecule has 0 radical (unpaired) electrons. The Labute approximate surface area is 147 Å². The lowest BCUT2D eigenvalue weighted by Crippen LogP contribution is -2.31. The molecule has 5 heteroatoms. The second-order valence-corrected chi connectivity index (χ2v) is 6.44. The molecule has 0 saturated carbocycles. The van der Waals surface area contributed by atoms with Gasteiger partial charge >= 0.3 is 0 Å². The number of carbonyl (C=O) groups excluding carboxylic acids is 1. The summed E-state index contributed by atoms with van der Waals surface area (Å²) >= 11 is 0. The van der Waals surface area contributed by atoms with E-state index in [0.29, 0.717) is 31.2 Å². The van der Waals surface area contributed by atoms with Crippen molar-refractivity contribution < 1.29 is 9.53 Å². The van der Waals surface area contributed by atoms with Gasteiger partial charge in [0.05, 0.1) is 12.2 Å². The van der Waals surface area contributed by atoms with Gasteiger partial charge in [-0.3, -0.25) is 9.59 Å². The highest BCUT2D eigenvalue weighted by Crippen LogP contribution is 2.30. The van der Waals surface area contributed by atoms with Crippen LogP contribution in [0.15, 0.2) is 47.4 Å². The normalized spacial score (nSPS) is 16.3. The van der Waals surface area contributed by atoms with Crippen LogP contribution in [0.25, 0.3) is 0 Å². The van der Waals surface area contributed by atoms with Crippen molar-refractivity contribution >= 4 is 5.91 Å². The summed E-state index contributed by atoms with van der Waals surface area (Å²) in [4.78, 5) is 24.3. The molecule has 3 rings (SSSR count). The van der Waals surface area contributed by atoms with Crippen molar-refractivity contribution in [1.29, 1.82) is 0 Å². The molecule has 1 aliphatic carbocycles. The monoisotopic (exact) mass is 340 g/mol. The zero-order valence-corrected chi connectivity index (χ0v) is 14.5. The summed E-state index contributed by atoms with van der Waals surface area (Å²) in [7, 11) is 1.59. The molecule has 1 aromatic heterocycles. The minimum Gasteiger partial charge on any atom is -0.383 e. The number of hydrogen-bond acceptors (Lipinski definition) is 3. The van der Waals surface area contributed by atoms with Crippen molar-refractivity contribution in [2.24, 2.45) is 0 Å². The van der Waals surface area contributed by atoms with Crippen LogP contribution in [0, 0.1) is 0 Å². The molecule has 1 heterocycles. The Morgan fingerprint density at radius 2 is 2.12 bits per heavy atom. The predicted molar refractivity (Wildman–Crippen MR) is 97.0 cm³/mol. The van der Waals surface area contributed by atoms with Crippen molar-refractivity contribution in [2.45, 2.75) is 31.7 Å². The van der Waals surface area contributed by atoms with E-state index in [9.17, 15) is 9.59 Å². The number of ether oxygens (including phenoxy) is 1. The van der Waals surface area contributed by atoms with Gasteiger partial charge in [-0.2, -0.15) is 0 Å². The van der Waals surface area contributed by atoms with Crippen molar-refractivity contribution in [3.8, 4) is 0 Å². The lowest BCUT2D eigenvalue weighted by atomic mass is 9.83. The molecule has 1 amide bonds. The highest BCUT2D eigenvalue weighted by molar-refractivity contribution is 5.93. The fraction of sp³-hybridized carbons (Fsp3) is 0.400. The molecule has 1 atom stereocenters. The molecule has 132 valence electrons. The van der Waals surface area contributed by atoms with E-state index >= 15 is 0 Å². The Morgan fingerprint density at radius 1 is 1.28 bits per heavy atom. The quantitative estimate of drug-likeness (QED) is 0.878. The second-order valence-electron chi connectivity index (χ2n) is 6.44. The van der Waals surface area contributed by atoms with Crippen molar-refractivity contribution in [3.05, 3.63) is 69.6 Å². The van der Waals surface area contributed by atoms with Crippen LogP contribution in [0.5, 0.6) is 0 Å². The summed E-state index contributed by atoms with van der Waals surface area (Å²) in [5.41, 5.74) is 3.11. The first kappa shape index (κ1) is 17.4. The maximum atomic E-state index is 12.5. The van der Waals surface area contributed by atoms with E-state index < -0.39 is 0 Å². The third-order valence-corrected chi connectivity index (χ3v) is 4.78. The van der Waals surface area contributed by atoms with E-state index in [1.807, 2.05) is 0 Å². The number of pyridine rings is 1. The summed E-state index contributed by atoms with van der Waals surface area (Å²) in [5, 5.41) is 3.03. The van der Waals surface area contributed by atoms with E-state index in [1.54, 1.807) is 19.4 Å². The molecular weight excluding hydrogens is 316 g/mol. The van der Waals surface area contributed by atoms with Gasteiger partial charge in [-0.25, -0.2) is 0 Å². The second kappa shape index (κ2) is 8.12. The van der Waals surface area contributed by atoms with Crippen LogP contribution in [0.2, 0.25) is 0 Å². The molecule has 0 saturated heterocycles. The Kier molecular flexibility index (Phi) is 5.66. The highest BCUT2D eigenvalue weighted by Gasteiger charge is 2.20. The van der Waals surface area contributed by atoms with Gasteiger partial charge < -0.3 is 14.6 Å². The van der Waals surface area contributed by atoms with E-state index in [2.05, 4.69) is 29.6 Å². The molecule has 1 aromatic carbocycles. The maximum Gasteiger partial charge on any atom is 0.252 e. The SMILES string of the molecule is COCCn1cc(C(=O)NC[C@@H]2CCCc3ccccc32)ccc1=O. The smallest absolute Gasteiger partial charge is 0.252 e. The molecule has 1 N–H and O–H groups in total. The average molecular weight is 340 g/mol. The lowest BCUT2D eigenvalue weighted by Gasteiger charge is -2.25. The van der Waals surface area contributed by atoms with Crippen LogP contribution in [-0.4, -0.2) is 30.7 Å². The Morgan fingerprint density at radius 3 is 2.96 bits per heavy atom. The number of aryl methyl sites for hydroxylation is 1. The summed E-state index contributed by atoms with van der Waals surface area (Å²) in [6, 6.07) is 11.5. The number of hydrogen-bond donors (Lipinski definition) is 1. The molecule has 2 aromatic rings. The molecule has 0 bridgehead atoms. The Bertz CT molecular complexity index is 798. The fourth-order valence-corrected chi connectivity index (χ4v) is 3.41. The number of aromatic nitrogens is 1. The van der Waals surface area contributed by atoms with Crippen LogP contribution >= 0.6 is 0 Å². The van der Waals surface area contributed by atoms with E-state index in [0.717, 1.165) is 19.3 Å². The van der Waals surface area contributed by atoms with Crippen molar-refractivity contribution in [1.82, 2.24) is 9.88 Å². The zero-order chi connectivity index (χ0) is 17.6. The Balaban J connectivity index is 1.66. The van der Waals surface area contributed by atoms with Crippen molar-refractivity contribution in [3.63, 3.8) is 0 Å². The summed E-state index contributed by atoms with van der Waals surface area (Å²) in [6.45, 7) is 1.49. The first-order valence-corrected chi connectivity index (χ1v) is 8.74. The summed E-state index contributed by atoms with van der Waals surface area (Å²) in [5.74, 6) is 0.211. The molecule has 1 aliphatic rings.